The highest BCUT2D eigenvalue weighted by molar-refractivity contribution is 6.04. The number of carbonyl (C=O) groups excluding carboxylic acids is 2. The Morgan fingerprint density at radius 3 is 2.36 bits per heavy atom. The molecule has 294 valence electrons. The predicted octanol–water partition coefficient (Wildman–Crippen LogP) is 6.48. The first-order chi connectivity index (χ1) is 26.6. The van der Waals surface area contributed by atoms with Crippen LogP contribution in [0.25, 0.3) is 5.95 Å². The molecule has 0 aliphatic carbocycles. The number of hydrogen-bond donors (Lipinski definition) is 3. The molecule has 1 amide bonds. The molecule has 2 heterocycles. The molecule has 55 heavy (non-hydrogen) atoms. The molecule has 4 aromatic rings. The topological polar surface area (TPSA) is 203 Å². The molecular weight excluding hydrogens is 719 g/mol. The fourth-order valence-corrected chi connectivity index (χ4v) is 4.80. The van der Waals surface area contributed by atoms with Crippen LogP contribution in [-0.4, -0.2) is 82.6 Å². The van der Waals surface area contributed by atoms with Gasteiger partial charge in [0.05, 0.1) is 19.5 Å². The molecule has 0 saturated carbocycles. The van der Waals surface area contributed by atoms with Gasteiger partial charge in [-0.15, -0.1) is 9.78 Å². The van der Waals surface area contributed by atoms with Crippen molar-refractivity contribution < 1.29 is 47.1 Å². The number of carbonyl (C=O) groups is 2. The number of aromatic nitrogens is 5. The van der Waals surface area contributed by atoms with Gasteiger partial charge in [-0.05, 0) is 62.6 Å². The standard InChI is InChI=1S/C37H45FN8O9/c1-7-17-52-36(47)43-32(39)24-11-13-25(14-12-24)42-31(28-20-27(49-6)21-29(30(28)38)51-19-18-50-23(4)5)33-44-35(46(45-33)34-40-15-10-16-41-34)53-22-54-37(48)55-26(8-2)9-3/h10-16,20-21,26,31,42H,4,7-9,17-19,22H2,1-3,5-6H3,(H2,39,43,47)/t31-/m1/s1. The average Bonchev–Trinajstić information content (AvgIpc) is 3.61. The van der Waals surface area contributed by atoms with Gasteiger partial charge >= 0.3 is 18.3 Å². The van der Waals surface area contributed by atoms with Crippen LogP contribution in [0.1, 0.15) is 70.0 Å². The van der Waals surface area contributed by atoms with E-state index >= 15 is 4.39 Å². The molecule has 0 fully saturated rings. The Hall–Kier alpha value is -6.46. The number of alkyl carbamates (subject to hydrolysis) is 1. The number of nitrogens with one attached hydrogen (secondary N) is 3. The number of benzene rings is 2. The Kier molecular flexibility index (Phi) is 15.5. The third kappa shape index (κ3) is 12.0. The molecule has 1 atom stereocenters. The molecule has 2 aromatic carbocycles. The van der Waals surface area contributed by atoms with Crippen molar-refractivity contribution in [2.45, 2.75) is 59.1 Å². The summed E-state index contributed by atoms with van der Waals surface area (Å²) in [5.41, 5.74) is 0.824. The Bertz CT molecular complexity index is 1890. The fourth-order valence-electron chi connectivity index (χ4n) is 4.80. The van der Waals surface area contributed by atoms with Crippen molar-refractivity contribution in [1.82, 2.24) is 30.0 Å². The predicted molar refractivity (Wildman–Crippen MR) is 197 cm³/mol. The molecule has 0 aliphatic rings. The first-order valence-corrected chi connectivity index (χ1v) is 17.4. The van der Waals surface area contributed by atoms with E-state index in [2.05, 4.69) is 37.3 Å². The van der Waals surface area contributed by atoms with Crippen molar-refractivity contribution in [3.8, 4) is 23.5 Å². The molecule has 4 rings (SSSR count). The molecule has 0 spiro atoms. The molecule has 0 radical (unpaired) electrons. The van der Waals surface area contributed by atoms with Crippen LogP contribution in [0.2, 0.25) is 0 Å². The number of anilines is 1. The van der Waals surface area contributed by atoms with Gasteiger partial charge in [-0.2, -0.15) is 4.98 Å². The normalized spacial score (nSPS) is 11.3. The number of hydrogen-bond acceptors (Lipinski definition) is 15. The lowest BCUT2D eigenvalue weighted by Crippen LogP contribution is -2.31. The summed E-state index contributed by atoms with van der Waals surface area (Å²) in [6.45, 7) is 10.7. The van der Waals surface area contributed by atoms with Gasteiger partial charge in [0.25, 0.3) is 5.95 Å². The van der Waals surface area contributed by atoms with Crippen molar-refractivity contribution in [1.29, 1.82) is 5.41 Å². The van der Waals surface area contributed by atoms with Gasteiger partial charge in [-0.25, -0.2) is 23.9 Å². The number of ether oxygens (including phenoxy) is 7. The van der Waals surface area contributed by atoms with Crippen LogP contribution in [0.15, 0.2) is 67.2 Å². The first-order valence-electron chi connectivity index (χ1n) is 17.4. The average molecular weight is 765 g/mol. The van der Waals surface area contributed by atoms with Crippen molar-refractivity contribution in [3.63, 3.8) is 0 Å². The van der Waals surface area contributed by atoms with Crippen LogP contribution in [0.4, 0.5) is 19.7 Å². The van der Waals surface area contributed by atoms with E-state index in [-0.39, 0.29) is 66.6 Å². The van der Waals surface area contributed by atoms with Gasteiger partial charge in [0, 0.05) is 35.3 Å². The van der Waals surface area contributed by atoms with E-state index in [4.69, 9.17) is 38.6 Å². The Labute approximate surface area is 317 Å². The minimum atomic E-state index is -1.16. The van der Waals surface area contributed by atoms with Crippen molar-refractivity contribution in [2.24, 2.45) is 0 Å². The van der Waals surface area contributed by atoms with Gasteiger partial charge in [0.1, 0.15) is 36.9 Å². The highest BCUT2D eigenvalue weighted by Crippen LogP contribution is 2.36. The van der Waals surface area contributed by atoms with E-state index in [0.29, 0.717) is 36.3 Å². The summed E-state index contributed by atoms with van der Waals surface area (Å²) in [5.74, 6) is -0.319. The minimum Gasteiger partial charge on any atom is -0.497 e. The van der Waals surface area contributed by atoms with Crippen molar-refractivity contribution in [2.75, 3.05) is 39.0 Å². The molecular formula is C37H45FN8O9. The van der Waals surface area contributed by atoms with Crippen LogP contribution < -0.4 is 24.8 Å². The summed E-state index contributed by atoms with van der Waals surface area (Å²) in [4.78, 5) is 37.4. The Morgan fingerprint density at radius 1 is 0.982 bits per heavy atom. The van der Waals surface area contributed by atoms with Gasteiger partial charge < -0.3 is 38.5 Å². The van der Waals surface area contributed by atoms with Crippen molar-refractivity contribution in [3.05, 3.63) is 90.0 Å². The smallest absolute Gasteiger partial charge is 0.497 e. The quantitative estimate of drug-likeness (QED) is 0.0220. The summed E-state index contributed by atoms with van der Waals surface area (Å²) in [6, 6.07) is 9.50. The zero-order valence-electron chi connectivity index (χ0n) is 31.3. The van der Waals surface area contributed by atoms with E-state index in [9.17, 15) is 9.59 Å². The van der Waals surface area contributed by atoms with Gasteiger partial charge in [-0.1, -0.05) is 27.4 Å². The van der Waals surface area contributed by atoms with Crippen LogP contribution in [-0.2, 0) is 18.9 Å². The number of halogens is 1. The molecule has 3 N–H and O–H groups in total. The maximum absolute atomic E-state index is 16.5. The van der Waals surface area contributed by atoms with Crippen LogP contribution in [0.5, 0.6) is 17.5 Å². The number of methoxy groups -OCH3 is 1. The molecule has 17 nitrogen and oxygen atoms in total. The summed E-state index contributed by atoms with van der Waals surface area (Å²) in [5, 5.41) is 18.5. The van der Waals surface area contributed by atoms with Crippen LogP contribution >= 0.6 is 0 Å². The second-order valence-corrected chi connectivity index (χ2v) is 11.6. The van der Waals surface area contributed by atoms with E-state index in [1.54, 1.807) is 37.3 Å². The molecule has 18 heteroatoms. The summed E-state index contributed by atoms with van der Waals surface area (Å²) in [6.07, 6.45) is 2.80. The summed E-state index contributed by atoms with van der Waals surface area (Å²) >= 11 is 0. The third-order valence-corrected chi connectivity index (χ3v) is 7.56. The number of amidine groups is 1. The largest absolute Gasteiger partial charge is 0.511 e. The second-order valence-electron chi connectivity index (χ2n) is 11.6. The van der Waals surface area contributed by atoms with Gasteiger partial charge in [-0.3, -0.25) is 10.7 Å². The fraction of sp³-hybridized carbons (Fsp3) is 0.378. The van der Waals surface area contributed by atoms with Gasteiger partial charge in [0.15, 0.2) is 17.4 Å². The van der Waals surface area contributed by atoms with Gasteiger partial charge in [0.2, 0.25) is 6.79 Å². The summed E-state index contributed by atoms with van der Waals surface area (Å²) in [7, 11) is 1.42. The van der Waals surface area contributed by atoms with E-state index in [1.165, 1.54) is 31.6 Å². The van der Waals surface area contributed by atoms with Crippen LogP contribution in [0, 0.1) is 11.2 Å². The third-order valence-electron chi connectivity index (χ3n) is 7.56. The first kappa shape index (κ1) is 41.3. The number of allylic oxidation sites excluding steroid dienone is 1. The maximum Gasteiger partial charge on any atom is 0.511 e. The monoisotopic (exact) mass is 764 g/mol. The Morgan fingerprint density at radius 2 is 1.71 bits per heavy atom. The van der Waals surface area contributed by atoms with Crippen LogP contribution in [0.3, 0.4) is 0 Å². The SMILES string of the molecule is C=C(C)OCCOc1cc(OC)cc([C@@H](Nc2ccc(C(=N)NC(=O)OCCC)cc2)c2nc(OCOC(=O)OC(CC)CC)n(-c3ncccn3)n2)c1F. The number of amides is 1. The van der Waals surface area contributed by atoms with Crippen molar-refractivity contribution >= 4 is 23.8 Å². The highest BCUT2D eigenvalue weighted by atomic mass is 19.1. The lowest BCUT2D eigenvalue weighted by Gasteiger charge is -2.21. The minimum absolute atomic E-state index is 0.00215. The number of nitrogens with zero attached hydrogens (tertiary/aromatic N) is 5. The van der Waals surface area contributed by atoms with E-state index in [1.807, 2.05) is 20.8 Å². The number of rotatable bonds is 20. The van der Waals surface area contributed by atoms with E-state index < -0.39 is 30.9 Å². The van der Waals surface area contributed by atoms with E-state index in [0.717, 1.165) is 4.68 Å². The Balaban J connectivity index is 1.73. The molecule has 0 unspecified atom stereocenters. The second kappa shape index (κ2) is 20.7. The zero-order chi connectivity index (χ0) is 39.7. The zero-order valence-corrected chi connectivity index (χ0v) is 31.3. The molecule has 0 saturated heterocycles. The highest BCUT2D eigenvalue weighted by Gasteiger charge is 2.29. The molecule has 2 aromatic heterocycles. The maximum atomic E-state index is 16.5. The summed E-state index contributed by atoms with van der Waals surface area (Å²) < 4.78 is 55.5. The molecule has 0 aliphatic heterocycles. The lowest BCUT2D eigenvalue weighted by atomic mass is 10.0. The molecule has 0 bridgehead atoms. The lowest BCUT2D eigenvalue weighted by molar-refractivity contribution is -0.0196.